The van der Waals surface area contributed by atoms with Gasteiger partial charge >= 0.3 is 0 Å². The molecule has 0 saturated carbocycles. The summed E-state index contributed by atoms with van der Waals surface area (Å²) in [5.41, 5.74) is 5.70. The number of primary amides is 1. The molecule has 0 atom stereocenters. The third kappa shape index (κ3) is 3.03. The van der Waals surface area contributed by atoms with Crippen molar-refractivity contribution >= 4 is 15.7 Å². The van der Waals surface area contributed by atoms with E-state index in [4.69, 9.17) is 5.73 Å². The summed E-state index contributed by atoms with van der Waals surface area (Å²) in [5.74, 6) is -0.986. The predicted octanol–water partition coefficient (Wildman–Crippen LogP) is 1.69. The minimum atomic E-state index is -3.68. The molecular formula is C14H12FNO3S. The van der Waals surface area contributed by atoms with Gasteiger partial charge in [0.15, 0.2) is 0 Å². The second-order valence-corrected chi connectivity index (χ2v) is 6.19. The molecule has 0 bridgehead atoms. The van der Waals surface area contributed by atoms with E-state index in [1.54, 1.807) is 0 Å². The van der Waals surface area contributed by atoms with Crippen LogP contribution < -0.4 is 5.73 Å². The third-order valence-electron chi connectivity index (χ3n) is 2.74. The van der Waals surface area contributed by atoms with Crippen molar-refractivity contribution in [1.82, 2.24) is 0 Å². The highest BCUT2D eigenvalue weighted by Gasteiger charge is 2.17. The number of benzene rings is 2. The van der Waals surface area contributed by atoms with E-state index in [1.807, 2.05) is 0 Å². The van der Waals surface area contributed by atoms with Crippen LogP contribution in [0.4, 0.5) is 4.39 Å². The van der Waals surface area contributed by atoms with Gasteiger partial charge in [0.2, 0.25) is 15.7 Å². The number of hydrogen-bond acceptors (Lipinski definition) is 3. The minimum Gasteiger partial charge on any atom is -0.369 e. The van der Waals surface area contributed by atoms with Gasteiger partial charge in [-0.2, -0.15) is 0 Å². The van der Waals surface area contributed by atoms with Gasteiger partial charge in [-0.05, 0) is 42.0 Å². The second-order valence-electron chi connectivity index (χ2n) is 4.24. The van der Waals surface area contributed by atoms with E-state index in [1.165, 1.54) is 36.4 Å². The van der Waals surface area contributed by atoms with E-state index >= 15 is 0 Å². The first-order valence-electron chi connectivity index (χ1n) is 5.77. The summed E-state index contributed by atoms with van der Waals surface area (Å²) in [6, 6.07) is 10.5. The van der Waals surface area contributed by atoms with Crippen LogP contribution in [0.3, 0.4) is 0 Å². The Morgan fingerprint density at radius 1 is 0.950 bits per heavy atom. The smallest absolute Gasteiger partial charge is 0.221 e. The largest absolute Gasteiger partial charge is 0.369 e. The number of halogens is 1. The molecule has 1 amide bonds. The Kier molecular flexibility index (Phi) is 3.85. The van der Waals surface area contributed by atoms with Crippen molar-refractivity contribution in [2.24, 2.45) is 5.73 Å². The predicted molar refractivity (Wildman–Crippen MR) is 71.2 cm³/mol. The molecule has 4 nitrogen and oxygen atoms in total. The SMILES string of the molecule is NC(=O)Cc1ccc(S(=O)(=O)c2ccc(F)cc2)cc1. The van der Waals surface area contributed by atoms with Gasteiger partial charge in [0.25, 0.3) is 0 Å². The second kappa shape index (κ2) is 5.42. The Bertz CT molecular complexity index is 722. The van der Waals surface area contributed by atoms with Crippen LogP contribution in [0.15, 0.2) is 58.3 Å². The van der Waals surface area contributed by atoms with E-state index in [9.17, 15) is 17.6 Å². The summed E-state index contributed by atoms with van der Waals surface area (Å²) in [6.07, 6.45) is 0.0525. The van der Waals surface area contributed by atoms with Gasteiger partial charge in [-0.15, -0.1) is 0 Å². The normalized spacial score (nSPS) is 11.2. The fourth-order valence-electron chi connectivity index (χ4n) is 1.74. The van der Waals surface area contributed by atoms with E-state index in [2.05, 4.69) is 0 Å². The molecule has 0 aromatic heterocycles. The quantitative estimate of drug-likeness (QED) is 0.871. The monoisotopic (exact) mass is 293 g/mol. The zero-order valence-electron chi connectivity index (χ0n) is 10.4. The first kappa shape index (κ1) is 14.2. The van der Waals surface area contributed by atoms with Crippen LogP contribution in [0.5, 0.6) is 0 Å². The molecule has 0 heterocycles. The van der Waals surface area contributed by atoms with Crippen LogP contribution in [0.1, 0.15) is 5.56 Å². The highest BCUT2D eigenvalue weighted by Crippen LogP contribution is 2.21. The molecular weight excluding hydrogens is 281 g/mol. The standard InChI is InChI=1S/C14H12FNO3S/c15-11-3-7-13(8-4-11)20(18,19)12-5-1-10(2-6-12)9-14(16)17/h1-8H,9H2,(H2,16,17). The maximum Gasteiger partial charge on any atom is 0.221 e. The summed E-state index contributed by atoms with van der Waals surface area (Å²) in [5, 5.41) is 0. The topological polar surface area (TPSA) is 77.2 Å². The van der Waals surface area contributed by atoms with Gasteiger partial charge in [-0.1, -0.05) is 12.1 Å². The first-order chi connectivity index (χ1) is 9.39. The molecule has 20 heavy (non-hydrogen) atoms. The molecule has 0 aliphatic rings. The lowest BCUT2D eigenvalue weighted by atomic mass is 10.1. The Morgan fingerprint density at radius 2 is 1.40 bits per heavy atom. The maximum atomic E-state index is 12.8. The first-order valence-corrected chi connectivity index (χ1v) is 7.26. The van der Waals surface area contributed by atoms with Crippen molar-refractivity contribution in [2.75, 3.05) is 0 Å². The summed E-state index contributed by atoms with van der Waals surface area (Å²) in [7, 11) is -3.68. The molecule has 104 valence electrons. The van der Waals surface area contributed by atoms with Crippen molar-refractivity contribution in [1.29, 1.82) is 0 Å². The Hall–Kier alpha value is -2.21. The lowest BCUT2D eigenvalue weighted by Crippen LogP contribution is -2.13. The number of hydrogen-bond donors (Lipinski definition) is 1. The number of nitrogens with two attached hydrogens (primary N) is 1. The van der Waals surface area contributed by atoms with E-state index in [0.717, 1.165) is 12.1 Å². The molecule has 2 aromatic carbocycles. The van der Waals surface area contributed by atoms with Gasteiger partial charge in [0.1, 0.15) is 5.82 Å². The van der Waals surface area contributed by atoms with E-state index < -0.39 is 21.6 Å². The molecule has 0 spiro atoms. The van der Waals surface area contributed by atoms with Gasteiger partial charge in [-0.3, -0.25) is 4.79 Å². The number of carbonyl (C=O) groups is 1. The number of sulfone groups is 1. The maximum absolute atomic E-state index is 12.8. The molecule has 0 aliphatic carbocycles. The summed E-state index contributed by atoms with van der Waals surface area (Å²) < 4.78 is 37.3. The van der Waals surface area contributed by atoms with Crippen molar-refractivity contribution in [3.05, 3.63) is 59.9 Å². The summed E-state index contributed by atoms with van der Waals surface area (Å²) in [6.45, 7) is 0. The van der Waals surface area contributed by atoms with E-state index in [0.29, 0.717) is 5.56 Å². The number of rotatable bonds is 4. The summed E-state index contributed by atoms with van der Waals surface area (Å²) >= 11 is 0. The fraction of sp³-hybridized carbons (Fsp3) is 0.0714. The van der Waals surface area contributed by atoms with Crippen molar-refractivity contribution in [3.8, 4) is 0 Å². The van der Waals surface area contributed by atoms with Gasteiger partial charge in [0.05, 0.1) is 16.2 Å². The van der Waals surface area contributed by atoms with Crippen LogP contribution in [-0.2, 0) is 21.1 Å². The highest BCUT2D eigenvalue weighted by molar-refractivity contribution is 7.91. The molecule has 0 saturated heterocycles. The molecule has 0 aliphatic heterocycles. The minimum absolute atomic E-state index is 0.0153. The van der Waals surface area contributed by atoms with Crippen LogP contribution in [0, 0.1) is 5.82 Å². The van der Waals surface area contributed by atoms with Gasteiger partial charge in [0, 0.05) is 0 Å². The van der Waals surface area contributed by atoms with Crippen molar-refractivity contribution in [2.45, 2.75) is 16.2 Å². The Labute approximate surface area is 116 Å². The molecule has 0 fully saturated rings. The summed E-state index contributed by atoms with van der Waals surface area (Å²) in [4.78, 5) is 10.9. The number of amides is 1. The van der Waals surface area contributed by atoms with Crippen LogP contribution in [-0.4, -0.2) is 14.3 Å². The van der Waals surface area contributed by atoms with E-state index in [-0.39, 0.29) is 16.2 Å². The molecule has 2 aromatic rings. The van der Waals surface area contributed by atoms with Crippen LogP contribution in [0.25, 0.3) is 0 Å². The zero-order valence-corrected chi connectivity index (χ0v) is 11.2. The van der Waals surface area contributed by atoms with Crippen molar-refractivity contribution < 1.29 is 17.6 Å². The number of carbonyl (C=O) groups excluding carboxylic acids is 1. The fourth-order valence-corrected chi connectivity index (χ4v) is 3.00. The molecule has 2 rings (SSSR count). The van der Waals surface area contributed by atoms with Gasteiger partial charge in [-0.25, -0.2) is 12.8 Å². The Morgan fingerprint density at radius 3 is 1.85 bits per heavy atom. The average molecular weight is 293 g/mol. The molecule has 6 heteroatoms. The van der Waals surface area contributed by atoms with Gasteiger partial charge < -0.3 is 5.73 Å². The zero-order chi connectivity index (χ0) is 14.8. The molecule has 0 unspecified atom stereocenters. The average Bonchev–Trinajstić information content (AvgIpc) is 2.39. The lowest BCUT2D eigenvalue weighted by Gasteiger charge is -2.05. The third-order valence-corrected chi connectivity index (χ3v) is 4.52. The lowest BCUT2D eigenvalue weighted by molar-refractivity contribution is -0.117. The highest BCUT2D eigenvalue weighted by atomic mass is 32.2. The van der Waals surface area contributed by atoms with Crippen LogP contribution >= 0.6 is 0 Å². The Balaban J connectivity index is 2.34. The molecule has 0 radical (unpaired) electrons. The van der Waals surface area contributed by atoms with Crippen LogP contribution in [0.2, 0.25) is 0 Å². The van der Waals surface area contributed by atoms with Crippen molar-refractivity contribution in [3.63, 3.8) is 0 Å². The molecule has 2 N–H and O–H groups in total.